The summed E-state index contributed by atoms with van der Waals surface area (Å²) in [5.41, 5.74) is 1.70. The van der Waals surface area contributed by atoms with Crippen LogP contribution >= 0.6 is 12.4 Å². The zero-order valence-corrected chi connectivity index (χ0v) is 11.2. The maximum atomic E-state index is 11.6. The van der Waals surface area contributed by atoms with Gasteiger partial charge in [-0.15, -0.1) is 12.4 Å². The van der Waals surface area contributed by atoms with Crippen molar-refractivity contribution in [1.29, 1.82) is 0 Å². The highest BCUT2D eigenvalue weighted by molar-refractivity contribution is 5.93. The van der Waals surface area contributed by atoms with Crippen molar-refractivity contribution in [2.24, 2.45) is 7.05 Å². The summed E-state index contributed by atoms with van der Waals surface area (Å²) >= 11 is 0. The molecular formula is C11H14ClN3O3. The maximum Gasteiger partial charge on any atom is 0.361 e. The Morgan fingerprint density at radius 3 is 2.83 bits per heavy atom. The van der Waals surface area contributed by atoms with Crippen LogP contribution in [-0.4, -0.2) is 27.3 Å². The highest BCUT2D eigenvalue weighted by Crippen LogP contribution is 2.22. The van der Waals surface area contributed by atoms with Crippen LogP contribution in [0.15, 0.2) is 16.9 Å². The minimum atomic E-state index is -0.500. The number of hydrogen-bond acceptors (Lipinski definition) is 5. The predicted octanol–water partition coefficient (Wildman–Crippen LogP) is 1.98. The van der Waals surface area contributed by atoms with Crippen molar-refractivity contribution >= 4 is 18.4 Å². The minimum Gasteiger partial charge on any atom is -0.461 e. The zero-order valence-electron chi connectivity index (χ0n) is 10.3. The third-order valence-corrected chi connectivity index (χ3v) is 2.38. The number of ether oxygens (including phenoxy) is 1. The average Bonchev–Trinajstić information content (AvgIpc) is 2.87. The minimum absolute atomic E-state index is 0. The molecule has 0 aliphatic carbocycles. The molecule has 0 aliphatic rings. The molecule has 0 saturated heterocycles. The number of oxazole rings is 1. The lowest BCUT2D eigenvalue weighted by atomic mass is 10.2. The normalized spacial score (nSPS) is 9.94. The number of nitrogens with zero attached hydrogens (tertiary/aromatic N) is 3. The number of hydrogen-bond donors (Lipinski definition) is 0. The third kappa shape index (κ3) is 2.53. The first kappa shape index (κ1) is 14.2. The molecule has 0 saturated carbocycles. The van der Waals surface area contributed by atoms with Gasteiger partial charge in [-0.25, -0.2) is 9.78 Å². The standard InChI is InChI=1S/C11H13N3O3.ClH/c1-4-16-11(15)9-10(17-6-12-9)8-5-7(2)14(3)13-8;/h5-6H,4H2,1-3H3;1H. The smallest absolute Gasteiger partial charge is 0.361 e. The Bertz CT molecular complexity index is 528. The number of esters is 1. The van der Waals surface area contributed by atoms with Gasteiger partial charge in [-0.1, -0.05) is 0 Å². The van der Waals surface area contributed by atoms with E-state index in [1.807, 2.05) is 20.0 Å². The molecule has 0 fully saturated rings. The number of carbonyl (C=O) groups excluding carboxylic acids is 1. The van der Waals surface area contributed by atoms with Gasteiger partial charge < -0.3 is 9.15 Å². The first-order chi connectivity index (χ1) is 8.13. The quantitative estimate of drug-likeness (QED) is 0.799. The van der Waals surface area contributed by atoms with Crippen LogP contribution in [-0.2, 0) is 11.8 Å². The van der Waals surface area contributed by atoms with Gasteiger partial charge >= 0.3 is 5.97 Å². The van der Waals surface area contributed by atoms with E-state index in [9.17, 15) is 4.79 Å². The van der Waals surface area contributed by atoms with Gasteiger partial charge in [0, 0.05) is 12.7 Å². The van der Waals surface area contributed by atoms with E-state index < -0.39 is 5.97 Å². The first-order valence-electron chi connectivity index (χ1n) is 5.25. The molecule has 6 nitrogen and oxygen atoms in total. The van der Waals surface area contributed by atoms with Gasteiger partial charge in [-0.3, -0.25) is 4.68 Å². The maximum absolute atomic E-state index is 11.6. The molecule has 98 valence electrons. The molecule has 0 amide bonds. The van der Waals surface area contributed by atoms with Gasteiger partial charge in [-0.2, -0.15) is 5.10 Å². The monoisotopic (exact) mass is 271 g/mol. The van der Waals surface area contributed by atoms with Gasteiger partial charge in [0.15, 0.2) is 17.8 Å². The lowest BCUT2D eigenvalue weighted by Gasteiger charge is -1.98. The Balaban J connectivity index is 0.00000162. The predicted molar refractivity (Wildman–Crippen MR) is 66.6 cm³/mol. The summed E-state index contributed by atoms with van der Waals surface area (Å²) in [6.45, 7) is 3.95. The van der Waals surface area contributed by atoms with Crippen LogP contribution in [0.25, 0.3) is 11.5 Å². The summed E-state index contributed by atoms with van der Waals surface area (Å²) in [5, 5.41) is 4.23. The molecule has 2 aromatic rings. The Morgan fingerprint density at radius 2 is 2.28 bits per heavy atom. The highest BCUT2D eigenvalue weighted by atomic mass is 35.5. The van der Waals surface area contributed by atoms with Gasteiger partial charge in [0.1, 0.15) is 5.69 Å². The molecule has 2 rings (SSSR count). The molecule has 0 unspecified atom stereocenters. The van der Waals surface area contributed by atoms with E-state index in [0.717, 1.165) is 5.69 Å². The molecule has 0 radical (unpaired) electrons. The molecule has 2 heterocycles. The summed E-state index contributed by atoms with van der Waals surface area (Å²) in [5.74, 6) is -0.160. The van der Waals surface area contributed by atoms with Gasteiger partial charge in [0.05, 0.1) is 6.61 Å². The van der Waals surface area contributed by atoms with Gasteiger partial charge in [-0.05, 0) is 19.9 Å². The molecule has 0 atom stereocenters. The second kappa shape index (κ2) is 5.68. The van der Waals surface area contributed by atoms with Crippen molar-refractivity contribution in [3.63, 3.8) is 0 Å². The molecule has 0 spiro atoms. The molecule has 7 heteroatoms. The second-order valence-electron chi connectivity index (χ2n) is 3.55. The topological polar surface area (TPSA) is 70.2 Å². The molecule has 18 heavy (non-hydrogen) atoms. The van der Waals surface area contributed by atoms with E-state index in [2.05, 4.69) is 10.1 Å². The lowest BCUT2D eigenvalue weighted by molar-refractivity contribution is 0.0520. The average molecular weight is 272 g/mol. The Kier molecular flexibility index (Phi) is 4.49. The van der Waals surface area contributed by atoms with E-state index in [0.29, 0.717) is 18.1 Å². The van der Waals surface area contributed by atoms with Crippen LogP contribution in [0.5, 0.6) is 0 Å². The molecule has 0 aliphatic heterocycles. The molecule has 0 aromatic carbocycles. The van der Waals surface area contributed by atoms with Crippen LogP contribution in [0.4, 0.5) is 0 Å². The van der Waals surface area contributed by atoms with Gasteiger partial charge in [0.25, 0.3) is 0 Å². The van der Waals surface area contributed by atoms with E-state index in [4.69, 9.17) is 9.15 Å². The fourth-order valence-corrected chi connectivity index (χ4v) is 1.44. The van der Waals surface area contributed by atoms with Crippen LogP contribution in [0.1, 0.15) is 23.1 Å². The summed E-state index contributed by atoms with van der Waals surface area (Å²) < 4.78 is 11.8. The lowest BCUT2D eigenvalue weighted by Crippen LogP contribution is -2.06. The van der Waals surface area contributed by atoms with E-state index >= 15 is 0 Å². The Morgan fingerprint density at radius 1 is 1.56 bits per heavy atom. The van der Waals surface area contributed by atoms with Crippen molar-refractivity contribution in [2.45, 2.75) is 13.8 Å². The fraction of sp³-hybridized carbons (Fsp3) is 0.364. The van der Waals surface area contributed by atoms with Crippen molar-refractivity contribution in [3.8, 4) is 11.5 Å². The zero-order chi connectivity index (χ0) is 12.4. The second-order valence-corrected chi connectivity index (χ2v) is 3.55. The summed E-state index contributed by atoms with van der Waals surface area (Å²) in [6.07, 6.45) is 1.21. The Labute approximate surface area is 110 Å². The van der Waals surface area contributed by atoms with Crippen molar-refractivity contribution < 1.29 is 13.9 Å². The van der Waals surface area contributed by atoms with Crippen molar-refractivity contribution in [1.82, 2.24) is 14.8 Å². The van der Waals surface area contributed by atoms with Crippen molar-refractivity contribution in [2.75, 3.05) is 6.61 Å². The van der Waals surface area contributed by atoms with E-state index in [1.54, 1.807) is 11.6 Å². The molecular weight excluding hydrogens is 258 g/mol. The first-order valence-corrected chi connectivity index (χ1v) is 5.25. The fourth-order valence-electron chi connectivity index (χ4n) is 1.44. The number of halogens is 1. The number of carbonyl (C=O) groups is 1. The van der Waals surface area contributed by atoms with E-state index in [1.165, 1.54) is 6.39 Å². The number of aromatic nitrogens is 3. The number of rotatable bonds is 3. The SMILES string of the molecule is CCOC(=O)c1ncoc1-c1cc(C)n(C)n1.Cl. The molecule has 0 bridgehead atoms. The number of aryl methyl sites for hydroxylation is 2. The summed E-state index contributed by atoms with van der Waals surface area (Å²) in [7, 11) is 1.82. The summed E-state index contributed by atoms with van der Waals surface area (Å²) in [4.78, 5) is 15.5. The molecule has 2 aromatic heterocycles. The highest BCUT2D eigenvalue weighted by Gasteiger charge is 2.21. The van der Waals surface area contributed by atoms with Crippen LogP contribution in [0.3, 0.4) is 0 Å². The molecule has 0 N–H and O–H groups in total. The van der Waals surface area contributed by atoms with E-state index in [-0.39, 0.29) is 18.1 Å². The van der Waals surface area contributed by atoms with Crippen molar-refractivity contribution in [3.05, 3.63) is 23.8 Å². The van der Waals surface area contributed by atoms with Crippen LogP contribution in [0, 0.1) is 6.92 Å². The van der Waals surface area contributed by atoms with Crippen LogP contribution in [0.2, 0.25) is 0 Å². The largest absolute Gasteiger partial charge is 0.461 e. The van der Waals surface area contributed by atoms with Crippen LogP contribution < -0.4 is 0 Å². The Hall–Kier alpha value is -1.82. The summed E-state index contributed by atoms with van der Waals surface area (Å²) in [6, 6.07) is 1.82. The third-order valence-electron chi connectivity index (χ3n) is 2.38. The van der Waals surface area contributed by atoms with Gasteiger partial charge in [0.2, 0.25) is 0 Å².